The molecule has 4 rings (SSSR count). The van der Waals surface area contributed by atoms with Crippen molar-refractivity contribution in [1.29, 1.82) is 0 Å². The number of hydrogen-bond donors (Lipinski definition) is 0. The standard InChI is InChI=1S/C24H26N4O4S/c1-17-15-19(26-32-17)16-33-22-21(9-6-10-25-22)24(30)31-18(2)23(29)28-13-11-27(12-14-28)20-7-4-3-5-8-20/h3-10,15,18H,11-14,16H2,1-2H3. The van der Waals surface area contributed by atoms with E-state index in [-0.39, 0.29) is 5.91 Å². The number of rotatable bonds is 7. The smallest absolute Gasteiger partial charge is 0.341 e. The predicted molar refractivity (Wildman–Crippen MR) is 125 cm³/mol. The van der Waals surface area contributed by atoms with Gasteiger partial charge in [-0.25, -0.2) is 9.78 Å². The van der Waals surface area contributed by atoms with Gasteiger partial charge in [-0.15, -0.1) is 0 Å². The minimum atomic E-state index is -0.878. The number of hydrogen-bond acceptors (Lipinski definition) is 8. The molecule has 33 heavy (non-hydrogen) atoms. The minimum absolute atomic E-state index is 0.188. The average molecular weight is 467 g/mol. The number of thioether (sulfide) groups is 1. The van der Waals surface area contributed by atoms with Crippen molar-refractivity contribution in [2.75, 3.05) is 31.1 Å². The molecule has 172 valence electrons. The first-order chi connectivity index (χ1) is 16.0. The van der Waals surface area contributed by atoms with Crippen LogP contribution in [0.5, 0.6) is 0 Å². The van der Waals surface area contributed by atoms with Crippen LogP contribution in [0.1, 0.15) is 28.7 Å². The monoisotopic (exact) mass is 466 g/mol. The Morgan fingerprint density at radius 3 is 2.58 bits per heavy atom. The number of esters is 1. The summed E-state index contributed by atoms with van der Waals surface area (Å²) in [6.45, 7) is 6.08. The molecular weight excluding hydrogens is 440 g/mol. The average Bonchev–Trinajstić information content (AvgIpc) is 3.28. The van der Waals surface area contributed by atoms with E-state index in [4.69, 9.17) is 9.26 Å². The Hall–Kier alpha value is -3.33. The molecule has 1 amide bonds. The van der Waals surface area contributed by atoms with E-state index in [0.717, 1.165) is 30.2 Å². The van der Waals surface area contributed by atoms with E-state index in [1.807, 2.05) is 31.2 Å². The van der Waals surface area contributed by atoms with Crippen LogP contribution in [0.4, 0.5) is 5.69 Å². The molecule has 0 radical (unpaired) electrons. The molecular formula is C24H26N4O4S. The van der Waals surface area contributed by atoms with Gasteiger partial charge in [-0.3, -0.25) is 4.79 Å². The lowest BCUT2D eigenvalue weighted by Crippen LogP contribution is -2.51. The zero-order chi connectivity index (χ0) is 23.2. The number of ether oxygens (including phenoxy) is 1. The van der Waals surface area contributed by atoms with Crippen molar-refractivity contribution in [2.24, 2.45) is 0 Å². The van der Waals surface area contributed by atoms with Gasteiger partial charge in [-0.05, 0) is 38.1 Å². The fourth-order valence-corrected chi connectivity index (χ4v) is 4.51. The van der Waals surface area contributed by atoms with Gasteiger partial charge in [0.1, 0.15) is 10.8 Å². The normalized spacial score (nSPS) is 14.7. The molecule has 8 nitrogen and oxygen atoms in total. The number of anilines is 1. The number of para-hydroxylation sites is 1. The van der Waals surface area contributed by atoms with Crippen LogP contribution >= 0.6 is 11.8 Å². The lowest BCUT2D eigenvalue weighted by molar-refractivity contribution is -0.140. The second kappa shape index (κ2) is 10.5. The van der Waals surface area contributed by atoms with Crippen LogP contribution in [-0.2, 0) is 15.3 Å². The van der Waals surface area contributed by atoms with Gasteiger partial charge in [0.2, 0.25) is 0 Å². The summed E-state index contributed by atoms with van der Waals surface area (Å²) in [6.07, 6.45) is 0.741. The molecule has 1 aromatic carbocycles. The Morgan fingerprint density at radius 2 is 1.88 bits per heavy atom. The van der Waals surface area contributed by atoms with Crippen LogP contribution in [0.25, 0.3) is 0 Å². The Kier molecular flexibility index (Phi) is 7.29. The molecule has 9 heteroatoms. The van der Waals surface area contributed by atoms with Gasteiger partial charge in [-0.1, -0.05) is 35.1 Å². The summed E-state index contributed by atoms with van der Waals surface area (Å²) in [5.41, 5.74) is 2.24. The van der Waals surface area contributed by atoms with Gasteiger partial charge in [0, 0.05) is 49.9 Å². The second-order valence-corrected chi connectivity index (χ2v) is 8.73. The summed E-state index contributed by atoms with van der Waals surface area (Å²) in [5.74, 6) is 0.482. The number of carbonyl (C=O) groups excluding carboxylic acids is 2. The van der Waals surface area contributed by atoms with Crippen molar-refractivity contribution in [1.82, 2.24) is 15.0 Å². The van der Waals surface area contributed by atoms with Crippen LogP contribution in [0.15, 0.2) is 64.3 Å². The zero-order valence-electron chi connectivity index (χ0n) is 18.6. The number of aryl methyl sites for hydroxylation is 1. The van der Waals surface area contributed by atoms with E-state index in [9.17, 15) is 9.59 Å². The van der Waals surface area contributed by atoms with Crippen molar-refractivity contribution in [3.63, 3.8) is 0 Å². The third kappa shape index (κ3) is 5.73. The second-order valence-electron chi connectivity index (χ2n) is 7.77. The summed E-state index contributed by atoms with van der Waals surface area (Å²) >= 11 is 1.37. The van der Waals surface area contributed by atoms with E-state index in [2.05, 4.69) is 27.2 Å². The highest BCUT2D eigenvalue weighted by Crippen LogP contribution is 2.25. The largest absolute Gasteiger partial charge is 0.449 e. The van der Waals surface area contributed by atoms with Crippen molar-refractivity contribution in [3.8, 4) is 0 Å². The van der Waals surface area contributed by atoms with Crippen LogP contribution in [0.3, 0.4) is 0 Å². The van der Waals surface area contributed by atoms with Crippen LogP contribution in [-0.4, -0.2) is 59.2 Å². The molecule has 1 fully saturated rings. The fourth-order valence-electron chi connectivity index (χ4n) is 3.64. The molecule has 0 aliphatic carbocycles. The van der Waals surface area contributed by atoms with Gasteiger partial charge >= 0.3 is 5.97 Å². The molecule has 3 heterocycles. The number of benzene rings is 1. The van der Waals surface area contributed by atoms with Crippen molar-refractivity contribution < 1.29 is 18.8 Å². The minimum Gasteiger partial charge on any atom is -0.449 e. The maximum absolute atomic E-state index is 12.9. The van der Waals surface area contributed by atoms with E-state index >= 15 is 0 Å². The number of carbonyl (C=O) groups is 2. The summed E-state index contributed by atoms with van der Waals surface area (Å²) in [6, 6.07) is 15.3. The Bertz CT molecular complexity index is 1100. The lowest BCUT2D eigenvalue weighted by atomic mass is 10.2. The highest BCUT2D eigenvalue weighted by Gasteiger charge is 2.28. The Balaban J connectivity index is 1.32. The first kappa shape index (κ1) is 22.8. The maximum atomic E-state index is 12.9. The quantitative estimate of drug-likeness (QED) is 0.386. The van der Waals surface area contributed by atoms with Gasteiger partial charge in [0.15, 0.2) is 6.10 Å². The van der Waals surface area contributed by atoms with Gasteiger partial charge in [-0.2, -0.15) is 0 Å². The van der Waals surface area contributed by atoms with E-state index in [1.165, 1.54) is 11.8 Å². The van der Waals surface area contributed by atoms with Crippen LogP contribution in [0, 0.1) is 6.92 Å². The molecule has 1 unspecified atom stereocenters. The Labute approximate surface area is 196 Å². The third-order valence-corrected chi connectivity index (χ3v) is 6.41. The number of nitrogens with zero attached hydrogens (tertiary/aromatic N) is 4. The molecule has 0 bridgehead atoms. The summed E-state index contributed by atoms with van der Waals surface area (Å²) in [5, 5.41) is 4.49. The summed E-state index contributed by atoms with van der Waals surface area (Å²) < 4.78 is 10.6. The van der Waals surface area contributed by atoms with Crippen molar-refractivity contribution >= 4 is 29.3 Å². The number of piperazine rings is 1. The molecule has 0 N–H and O–H groups in total. The maximum Gasteiger partial charge on any atom is 0.341 e. The zero-order valence-corrected chi connectivity index (χ0v) is 19.5. The highest BCUT2D eigenvalue weighted by molar-refractivity contribution is 7.98. The number of aromatic nitrogens is 2. The van der Waals surface area contributed by atoms with Gasteiger partial charge in [0.05, 0.1) is 11.3 Å². The molecule has 1 saturated heterocycles. The molecule has 1 aliphatic rings. The van der Waals surface area contributed by atoms with E-state index in [0.29, 0.717) is 29.4 Å². The van der Waals surface area contributed by atoms with Crippen LogP contribution in [0.2, 0.25) is 0 Å². The lowest BCUT2D eigenvalue weighted by Gasteiger charge is -2.37. The molecule has 0 spiro atoms. The Morgan fingerprint density at radius 1 is 1.12 bits per heavy atom. The number of pyridine rings is 1. The SMILES string of the molecule is Cc1cc(CSc2ncccc2C(=O)OC(C)C(=O)N2CCN(c3ccccc3)CC2)no1. The summed E-state index contributed by atoms with van der Waals surface area (Å²) in [7, 11) is 0. The molecule has 3 aromatic rings. The first-order valence-corrected chi connectivity index (χ1v) is 11.8. The first-order valence-electron chi connectivity index (χ1n) is 10.8. The van der Waals surface area contributed by atoms with Crippen molar-refractivity contribution in [2.45, 2.75) is 30.7 Å². The molecule has 2 aromatic heterocycles. The highest BCUT2D eigenvalue weighted by atomic mass is 32.2. The van der Waals surface area contributed by atoms with Gasteiger partial charge < -0.3 is 19.1 Å². The number of amides is 1. The van der Waals surface area contributed by atoms with E-state index < -0.39 is 12.1 Å². The van der Waals surface area contributed by atoms with E-state index in [1.54, 1.807) is 30.2 Å². The molecule has 1 aliphatic heterocycles. The van der Waals surface area contributed by atoms with Crippen LogP contribution < -0.4 is 4.90 Å². The fraction of sp³-hybridized carbons (Fsp3) is 0.333. The topological polar surface area (TPSA) is 88.8 Å². The third-order valence-electron chi connectivity index (χ3n) is 5.37. The predicted octanol–water partition coefficient (Wildman–Crippen LogP) is 3.56. The molecule has 0 saturated carbocycles. The van der Waals surface area contributed by atoms with Crippen molar-refractivity contribution in [3.05, 3.63) is 71.7 Å². The molecule has 1 atom stereocenters. The summed E-state index contributed by atoms with van der Waals surface area (Å²) in [4.78, 5) is 34.0. The van der Waals surface area contributed by atoms with Gasteiger partial charge in [0.25, 0.3) is 5.91 Å².